The summed E-state index contributed by atoms with van der Waals surface area (Å²) in [5, 5.41) is 7.38. The highest BCUT2D eigenvalue weighted by molar-refractivity contribution is 7.80. The van der Waals surface area contributed by atoms with E-state index in [-0.39, 0.29) is 0 Å². The third-order valence-electron chi connectivity index (χ3n) is 5.07. The van der Waals surface area contributed by atoms with Crippen molar-refractivity contribution in [3.8, 4) is 12.3 Å². The number of benzene rings is 1. The largest absolute Gasteiger partial charge is 0.361 e. The van der Waals surface area contributed by atoms with Crippen molar-refractivity contribution in [1.29, 1.82) is 0 Å². The van der Waals surface area contributed by atoms with Gasteiger partial charge in [-0.1, -0.05) is 6.07 Å². The zero-order chi connectivity index (χ0) is 16.4. The number of piperidine rings is 3. The van der Waals surface area contributed by atoms with E-state index in [1.54, 1.807) is 0 Å². The number of nitrogens with zero attached hydrogens (tertiary/aromatic N) is 1. The molecule has 2 bridgehead atoms. The first-order valence-electron chi connectivity index (χ1n) is 8.38. The third kappa shape index (κ3) is 3.85. The van der Waals surface area contributed by atoms with E-state index in [0.717, 1.165) is 18.8 Å². The second-order valence-electron chi connectivity index (χ2n) is 6.92. The van der Waals surface area contributed by atoms with Crippen LogP contribution in [0.3, 0.4) is 0 Å². The summed E-state index contributed by atoms with van der Waals surface area (Å²) in [6.45, 7) is 7.31. The molecule has 23 heavy (non-hydrogen) atoms. The molecule has 3 heterocycles. The van der Waals surface area contributed by atoms with E-state index >= 15 is 0 Å². The molecule has 4 rings (SSSR count). The number of aryl methyl sites for hydroxylation is 2. The molecular formula is C19H25N3S. The maximum absolute atomic E-state index is 5.64. The van der Waals surface area contributed by atoms with Gasteiger partial charge in [-0.15, -0.1) is 12.3 Å². The average Bonchev–Trinajstić information content (AvgIpc) is 2.52. The molecule has 3 nitrogen and oxygen atoms in total. The normalized spacial score (nSPS) is 28.9. The lowest BCUT2D eigenvalue weighted by Gasteiger charge is -2.48. The molecule has 0 radical (unpaired) electrons. The number of terminal acetylenes is 1. The van der Waals surface area contributed by atoms with Gasteiger partial charge in [0, 0.05) is 30.7 Å². The van der Waals surface area contributed by atoms with Crippen LogP contribution in [0.25, 0.3) is 0 Å². The van der Waals surface area contributed by atoms with Crippen LogP contribution in [0.1, 0.15) is 24.0 Å². The summed E-state index contributed by atoms with van der Waals surface area (Å²) in [7, 11) is 0. The highest BCUT2D eigenvalue weighted by atomic mass is 32.1. The van der Waals surface area contributed by atoms with Gasteiger partial charge in [0.05, 0.1) is 0 Å². The lowest BCUT2D eigenvalue weighted by atomic mass is 9.76. The second kappa shape index (κ2) is 6.90. The van der Waals surface area contributed by atoms with E-state index in [1.807, 2.05) is 0 Å². The van der Waals surface area contributed by atoms with Crippen LogP contribution in [0.15, 0.2) is 18.2 Å². The molecule has 3 aliphatic rings. The molecule has 0 spiro atoms. The number of nitrogens with one attached hydrogen (secondary N) is 2. The number of anilines is 1. The van der Waals surface area contributed by atoms with E-state index in [0.29, 0.717) is 23.0 Å². The fourth-order valence-corrected chi connectivity index (χ4v) is 4.17. The summed E-state index contributed by atoms with van der Waals surface area (Å²) >= 11 is 5.45. The summed E-state index contributed by atoms with van der Waals surface area (Å²) in [6, 6.07) is 6.95. The molecule has 4 heteroatoms. The van der Waals surface area contributed by atoms with Gasteiger partial charge >= 0.3 is 0 Å². The number of thiocarbonyl (C=S) groups is 1. The Morgan fingerprint density at radius 2 is 2.09 bits per heavy atom. The fourth-order valence-electron chi connectivity index (χ4n) is 3.97. The van der Waals surface area contributed by atoms with Crippen molar-refractivity contribution >= 4 is 23.0 Å². The van der Waals surface area contributed by atoms with Crippen molar-refractivity contribution in [1.82, 2.24) is 10.2 Å². The van der Waals surface area contributed by atoms with Crippen molar-refractivity contribution in [3.63, 3.8) is 0 Å². The molecule has 3 fully saturated rings. The van der Waals surface area contributed by atoms with E-state index in [1.165, 1.54) is 30.5 Å². The number of rotatable bonds is 3. The van der Waals surface area contributed by atoms with Crippen LogP contribution in [0.2, 0.25) is 0 Å². The van der Waals surface area contributed by atoms with Crippen LogP contribution in [0.4, 0.5) is 5.69 Å². The molecular weight excluding hydrogens is 302 g/mol. The Bertz CT molecular complexity index is 614. The first-order valence-corrected chi connectivity index (χ1v) is 8.79. The van der Waals surface area contributed by atoms with Crippen LogP contribution in [-0.2, 0) is 0 Å². The minimum absolute atomic E-state index is 0.445. The molecule has 2 N–H and O–H groups in total. The molecule has 0 saturated carbocycles. The lowest BCUT2D eigenvalue weighted by Crippen LogP contribution is -2.56. The van der Waals surface area contributed by atoms with E-state index in [4.69, 9.17) is 18.6 Å². The van der Waals surface area contributed by atoms with Gasteiger partial charge in [0.2, 0.25) is 0 Å². The maximum Gasteiger partial charge on any atom is 0.170 e. The predicted octanol–water partition coefficient (Wildman–Crippen LogP) is 2.93. The number of hydrogen-bond acceptors (Lipinski definition) is 2. The predicted molar refractivity (Wildman–Crippen MR) is 101 cm³/mol. The van der Waals surface area contributed by atoms with Gasteiger partial charge < -0.3 is 10.6 Å². The topological polar surface area (TPSA) is 27.3 Å². The van der Waals surface area contributed by atoms with Crippen LogP contribution in [0, 0.1) is 38.0 Å². The molecule has 1 aromatic carbocycles. The van der Waals surface area contributed by atoms with E-state index in [2.05, 4.69) is 53.5 Å². The van der Waals surface area contributed by atoms with Gasteiger partial charge in [0.25, 0.3) is 0 Å². The molecule has 122 valence electrons. The van der Waals surface area contributed by atoms with E-state index in [9.17, 15) is 0 Å². The molecule has 3 aliphatic heterocycles. The minimum Gasteiger partial charge on any atom is -0.361 e. The lowest BCUT2D eigenvalue weighted by molar-refractivity contribution is 0.0248. The Morgan fingerprint density at radius 3 is 2.70 bits per heavy atom. The summed E-state index contributed by atoms with van der Waals surface area (Å²) in [6.07, 6.45) is 8.08. The standard InChI is InChI=1S/C19H25N3S/c1-4-15-12-22-6-5-16(15)10-18(22)11-20-19(23)21-17-8-13(2)7-14(3)9-17/h1,7-9,15-16,18H,5-6,10-12H2,2-3H3,(H2,20,21,23). The van der Waals surface area contributed by atoms with Gasteiger partial charge in [0.15, 0.2) is 5.11 Å². The molecule has 0 aromatic heterocycles. The molecule has 0 amide bonds. The molecule has 3 saturated heterocycles. The zero-order valence-electron chi connectivity index (χ0n) is 13.9. The minimum atomic E-state index is 0.445. The molecule has 1 aromatic rings. The Kier molecular flexibility index (Phi) is 4.89. The molecule has 0 aliphatic carbocycles. The van der Waals surface area contributed by atoms with Crippen molar-refractivity contribution < 1.29 is 0 Å². The smallest absolute Gasteiger partial charge is 0.170 e. The Hall–Kier alpha value is -1.57. The van der Waals surface area contributed by atoms with Gasteiger partial charge in [-0.2, -0.15) is 0 Å². The maximum atomic E-state index is 5.64. The third-order valence-corrected chi connectivity index (χ3v) is 5.32. The van der Waals surface area contributed by atoms with Crippen molar-refractivity contribution in [2.75, 3.05) is 25.0 Å². The van der Waals surface area contributed by atoms with Crippen LogP contribution in [-0.4, -0.2) is 35.7 Å². The first kappa shape index (κ1) is 16.3. The first-order chi connectivity index (χ1) is 11.0. The Balaban J connectivity index is 1.51. The summed E-state index contributed by atoms with van der Waals surface area (Å²) in [5.74, 6) is 4.10. The molecule has 4 unspecified atom stereocenters. The second-order valence-corrected chi connectivity index (χ2v) is 7.33. The fraction of sp³-hybridized carbons (Fsp3) is 0.526. The molecule has 4 atom stereocenters. The van der Waals surface area contributed by atoms with Crippen molar-refractivity contribution in [2.24, 2.45) is 11.8 Å². The van der Waals surface area contributed by atoms with Crippen molar-refractivity contribution in [2.45, 2.75) is 32.7 Å². The van der Waals surface area contributed by atoms with Crippen LogP contribution < -0.4 is 10.6 Å². The van der Waals surface area contributed by atoms with Gasteiger partial charge in [-0.3, -0.25) is 4.90 Å². The van der Waals surface area contributed by atoms with Crippen molar-refractivity contribution in [3.05, 3.63) is 29.3 Å². The quantitative estimate of drug-likeness (QED) is 0.659. The Labute approximate surface area is 144 Å². The Morgan fingerprint density at radius 1 is 1.35 bits per heavy atom. The average molecular weight is 327 g/mol. The summed E-state index contributed by atoms with van der Waals surface area (Å²) in [5.41, 5.74) is 3.54. The number of fused-ring (bicyclic) bond motifs is 3. The van der Waals surface area contributed by atoms with Crippen LogP contribution >= 0.6 is 12.2 Å². The number of hydrogen-bond donors (Lipinski definition) is 2. The van der Waals surface area contributed by atoms with Gasteiger partial charge in [-0.25, -0.2) is 0 Å². The highest BCUT2D eigenvalue weighted by Gasteiger charge is 2.39. The SMILES string of the molecule is C#CC1CN2CCC1CC2CNC(=S)Nc1cc(C)cc(C)c1. The monoisotopic (exact) mass is 327 g/mol. The van der Waals surface area contributed by atoms with Gasteiger partial charge in [-0.05, 0) is 74.6 Å². The summed E-state index contributed by atoms with van der Waals surface area (Å²) < 4.78 is 0. The van der Waals surface area contributed by atoms with Gasteiger partial charge in [0.1, 0.15) is 0 Å². The zero-order valence-corrected chi connectivity index (χ0v) is 14.7. The van der Waals surface area contributed by atoms with Crippen LogP contribution in [0.5, 0.6) is 0 Å². The highest BCUT2D eigenvalue weighted by Crippen LogP contribution is 2.35. The summed E-state index contributed by atoms with van der Waals surface area (Å²) in [4.78, 5) is 2.52. The van der Waals surface area contributed by atoms with E-state index < -0.39 is 0 Å².